The number of carbonyl (C=O) groups excluding carboxylic acids is 1. The normalized spacial score (nSPS) is 13.5. The summed E-state index contributed by atoms with van der Waals surface area (Å²) in [7, 11) is 0. The summed E-state index contributed by atoms with van der Waals surface area (Å²) in [6.45, 7) is 5.14. The zero-order chi connectivity index (χ0) is 18.5. The van der Waals surface area contributed by atoms with Gasteiger partial charge in [0.15, 0.2) is 0 Å². The van der Waals surface area contributed by atoms with E-state index in [9.17, 15) is 4.79 Å². The van der Waals surface area contributed by atoms with E-state index >= 15 is 0 Å². The highest BCUT2D eigenvalue weighted by Crippen LogP contribution is 2.28. The zero-order valence-electron chi connectivity index (χ0n) is 15.7. The van der Waals surface area contributed by atoms with Gasteiger partial charge >= 0.3 is 6.03 Å². The lowest BCUT2D eigenvalue weighted by atomic mass is 10.2. The fraction of sp³-hybridized carbons (Fsp3) is 0.450. The molecule has 1 aliphatic rings. The lowest BCUT2D eigenvalue weighted by Crippen LogP contribution is -2.41. The van der Waals surface area contributed by atoms with E-state index in [-0.39, 0.29) is 6.03 Å². The van der Waals surface area contributed by atoms with Gasteiger partial charge in [0.1, 0.15) is 5.82 Å². The highest BCUT2D eigenvalue weighted by Gasteiger charge is 2.32. The molecule has 0 radical (unpaired) electrons. The van der Waals surface area contributed by atoms with Crippen LogP contribution in [0.15, 0.2) is 35.2 Å². The monoisotopic (exact) mass is 370 g/mol. The molecule has 0 atom stereocenters. The molecule has 5 nitrogen and oxygen atoms in total. The Bertz CT molecular complexity index is 739. The van der Waals surface area contributed by atoms with Crippen molar-refractivity contribution in [3.63, 3.8) is 0 Å². The minimum atomic E-state index is 0.00539. The standard InChI is InChI=1S/C20H26N4OS/c1-14-12-15(2)23-19(22-14)10-11-21-20(25)24(17-6-7-17)13-16-4-8-18(26-3)9-5-16/h4-5,8-9,12,17H,6-7,10-11,13H2,1-3H3,(H,21,25). The molecule has 0 spiro atoms. The molecule has 1 aromatic heterocycles. The SMILES string of the molecule is CSc1ccc(CN(C(=O)NCCc2nc(C)cc(C)n2)C2CC2)cc1. The van der Waals surface area contributed by atoms with E-state index in [4.69, 9.17) is 0 Å². The molecular formula is C20H26N4OS. The molecule has 0 bridgehead atoms. The Labute approximate surface area is 159 Å². The van der Waals surface area contributed by atoms with Crippen LogP contribution in [0.25, 0.3) is 0 Å². The van der Waals surface area contributed by atoms with Crippen molar-refractivity contribution in [2.45, 2.75) is 50.6 Å². The van der Waals surface area contributed by atoms with E-state index in [2.05, 4.69) is 45.8 Å². The first-order valence-electron chi connectivity index (χ1n) is 9.03. The Balaban J connectivity index is 1.55. The molecule has 1 N–H and O–H groups in total. The van der Waals surface area contributed by atoms with E-state index < -0.39 is 0 Å². The van der Waals surface area contributed by atoms with Gasteiger partial charge in [0.2, 0.25) is 0 Å². The van der Waals surface area contributed by atoms with Crippen molar-refractivity contribution in [3.8, 4) is 0 Å². The summed E-state index contributed by atoms with van der Waals surface area (Å²) < 4.78 is 0. The number of carbonyl (C=O) groups is 1. The molecule has 2 aromatic rings. The Hall–Kier alpha value is -2.08. The summed E-state index contributed by atoms with van der Waals surface area (Å²) in [5.74, 6) is 0.786. The molecule has 0 saturated heterocycles. The predicted octanol–water partition coefficient (Wildman–Crippen LogP) is 3.73. The summed E-state index contributed by atoms with van der Waals surface area (Å²) in [5, 5.41) is 3.04. The Morgan fingerprint density at radius 1 is 1.19 bits per heavy atom. The highest BCUT2D eigenvalue weighted by atomic mass is 32.2. The number of thioether (sulfide) groups is 1. The number of nitrogens with zero attached hydrogens (tertiary/aromatic N) is 3. The molecule has 138 valence electrons. The largest absolute Gasteiger partial charge is 0.338 e. The first kappa shape index (κ1) is 18.7. The van der Waals surface area contributed by atoms with Crippen molar-refractivity contribution in [2.75, 3.05) is 12.8 Å². The molecule has 6 heteroatoms. The first-order valence-corrected chi connectivity index (χ1v) is 10.3. The number of amides is 2. The third kappa shape index (κ3) is 5.21. The number of rotatable bonds is 7. The van der Waals surface area contributed by atoms with Crippen LogP contribution < -0.4 is 5.32 Å². The molecule has 1 aliphatic carbocycles. The second-order valence-corrected chi connectivity index (χ2v) is 7.64. The maximum absolute atomic E-state index is 12.6. The number of aromatic nitrogens is 2. The number of nitrogens with one attached hydrogen (secondary N) is 1. The second-order valence-electron chi connectivity index (χ2n) is 6.76. The molecule has 2 amide bonds. The molecule has 3 rings (SSSR count). The number of urea groups is 1. The summed E-state index contributed by atoms with van der Waals surface area (Å²) in [6.07, 6.45) is 4.90. The number of aryl methyl sites for hydroxylation is 2. The minimum Gasteiger partial charge on any atom is -0.338 e. The van der Waals surface area contributed by atoms with Crippen LogP contribution in [0.3, 0.4) is 0 Å². The van der Waals surface area contributed by atoms with Gasteiger partial charge in [-0.3, -0.25) is 0 Å². The van der Waals surface area contributed by atoms with E-state index in [0.29, 0.717) is 25.6 Å². The molecule has 1 saturated carbocycles. The molecule has 1 aromatic carbocycles. The van der Waals surface area contributed by atoms with Gasteiger partial charge < -0.3 is 10.2 Å². The van der Waals surface area contributed by atoms with E-state index in [0.717, 1.165) is 30.1 Å². The van der Waals surface area contributed by atoms with Crippen LogP contribution in [0.1, 0.15) is 35.6 Å². The van der Waals surface area contributed by atoms with Crippen molar-refractivity contribution in [2.24, 2.45) is 0 Å². The van der Waals surface area contributed by atoms with Gasteiger partial charge in [0.05, 0.1) is 0 Å². The molecule has 26 heavy (non-hydrogen) atoms. The summed E-state index contributed by atoms with van der Waals surface area (Å²) in [6, 6.07) is 10.8. The number of hydrogen-bond donors (Lipinski definition) is 1. The van der Waals surface area contributed by atoms with Gasteiger partial charge in [0, 0.05) is 41.8 Å². The van der Waals surface area contributed by atoms with Gasteiger partial charge in [-0.2, -0.15) is 0 Å². The smallest absolute Gasteiger partial charge is 0.317 e. The summed E-state index contributed by atoms with van der Waals surface area (Å²) in [5.41, 5.74) is 3.10. The predicted molar refractivity (Wildman–Crippen MR) is 105 cm³/mol. The first-order chi connectivity index (χ1) is 12.5. The number of benzene rings is 1. The van der Waals surface area contributed by atoms with Gasteiger partial charge in [-0.05, 0) is 56.7 Å². The van der Waals surface area contributed by atoms with E-state index in [1.165, 1.54) is 10.5 Å². The lowest BCUT2D eigenvalue weighted by Gasteiger charge is -2.23. The minimum absolute atomic E-state index is 0.00539. The van der Waals surface area contributed by atoms with Crippen molar-refractivity contribution < 1.29 is 4.79 Å². The molecule has 0 aliphatic heterocycles. The van der Waals surface area contributed by atoms with Gasteiger partial charge in [0.25, 0.3) is 0 Å². The van der Waals surface area contributed by atoms with Crippen molar-refractivity contribution in [1.82, 2.24) is 20.2 Å². The molecule has 1 fully saturated rings. The average molecular weight is 371 g/mol. The summed E-state index contributed by atoms with van der Waals surface area (Å²) in [4.78, 5) is 24.7. The van der Waals surface area contributed by atoms with Gasteiger partial charge in [-0.25, -0.2) is 14.8 Å². The average Bonchev–Trinajstić information content (AvgIpc) is 3.44. The number of hydrogen-bond acceptors (Lipinski definition) is 4. The fourth-order valence-electron chi connectivity index (χ4n) is 2.97. The van der Waals surface area contributed by atoms with Crippen molar-refractivity contribution >= 4 is 17.8 Å². The van der Waals surface area contributed by atoms with Crippen LogP contribution >= 0.6 is 11.8 Å². The van der Waals surface area contributed by atoms with Crippen LogP contribution in [0, 0.1) is 13.8 Å². The third-order valence-corrected chi connectivity index (χ3v) is 5.16. The molecular weight excluding hydrogens is 344 g/mol. The second kappa shape index (κ2) is 8.54. The quantitative estimate of drug-likeness (QED) is 0.755. The van der Waals surface area contributed by atoms with Gasteiger partial charge in [-0.1, -0.05) is 12.1 Å². The van der Waals surface area contributed by atoms with Gasteiger partial charge in [-0.15, -0.1) is 11.8 Å². The van der Waals surface area contributed by atoms with Crippen LogP contribution in [0.2, 0.25) is 0 Å². The summed E-state index contributed by atoms with van der Waals surface area (Å²) >= 11 is 1.73. The third-order valence-electron chi connectivity index (χ3n) is 4.41. The van der Waals surface area contributed by atoms with E-state index in [1.54, 1.807) is 11.8 Å². The highest BCUT2D eigenvalue weighted by molar-refractivity contribution is 7.98. The van der Waals surface area contributed by atoms with Crippen molar-refractivity contribution in [1.29, 1.82) is 0 Å². The van der Waals surface area contributed by atoms with Crippen LogP contribution in [-0.2, 0) is 13.0 Å². The van der Waals surface area contributed by atoms with E-state index in [1.807, 2.05) is 24.8 Å². The maximum Gasteiger partial charge on any atom is 0.317 e. The van der Waals surface area contributed by atoms with Crippen LogP contribution in [-0.4, -0.2) is 39.7 Å². The Morgan fingerprint density at radius 3 is 2.42 bits per heavy atom. The zero-order valence-corrected chi connectivity index (χ0v) is 16.5. The Morgan fingerprint density at radius 2 is 1.85 bits per heavy atom. The van der Waals surface area contributed by atoms with Crippen LogP contribution in [0.5, 0.6) is 0 Å². The topological polar surface area (TPSA) is 58.1 Å². The maximum atomic E-state index is 12.6. The molecule has 0 unspecified atom stereocenters. The van der Waals surface area contributed by atoms with Crippen molar-refractivity contribution in [3.05, 3.63) is 53.1 Å². The van der Waals surface area contributed by atoms with Crippen LogP contribution in [0.4, 0.5) is 4.79 Å². The molecule has 1 heterocycles. The fourth-order valence-corrected chi connectivity index (χ4v) is 3.38. The lowest BCUT2D eigenvalue weighted by molar-refractivity contribution is 0.192. The Kier molecular flexibility index (Phi) is 6.14.